The average molecular weight is 405 g/mol. The van der Waals surface area contributed by atoms with Gasteiger partial charge in [0.05, 0.1) is 33.6 Å². The molecular formula is C21H32N4O4. The summed E-state index contributed by atoms with van der Waals surface area (Å²) in [5, 5.41) is 10.7. The quantitative estimate of drug-likeness (QED) is 0.463. The highest BCUT2D eigenvalue weighted by Gasteiger charge is 2.16. The highest BCUT2D eigenvalue weighted by Crippen LogP contribution is 2.39. The van der Waals surface area contributed by atoms with E-state index in [0.29, 0.717) is 42.2 Å². The van der Waals surface area contributed by atoms with Gasteiger partial charge in [0.1, 0.15) is 0 Å². The molecule has 0 atom stereocenters. The van der Waals surface area contributed by atoms with Crippen LogP contribution in [0.1, 0.15) is 49.6 Å². The van der Waals surface area contributed by atoms with E-state index in [4.69, 9.17) is 18.7 Å². The molecule has 0 fully saturated rings. The number of hydrogen-bond acceptors (Lipinski definition) is 6. The third-order valence-corrected chi connectivity index (χ3v) is 4.87. The summed E-state index contributed by atoms with van der Waals surface area (Å²) in [6.07, 6.45) is 2.10. The molecule has 1 aromatic carbocycles. The van der Waals surface area contributed by atoms with Gasteiger partial charge in [-0.2, -0.15) is 0 Å². The van der Waals surface area contributed by atoms with Crippen molar-refractivity contribution in [1.82, 2.24) is 15.8 Å². The highest BCUT2D eigenvalue weighted by molar-refractivity contribution is 5.79. The number of ether oxygens (including phenoxy) is 3. The molecule has 0 saturated carbocycles. The summed E-state index contributed by atoms with van der Waals surface area (Å²) in [4.78, 5) is 4.26. The molecule has 2 rings (SSSR count). The lowest BCUT2D eigenvalue weighted by Gasteiger charge is -2.17. The van der Waals surface area contributed by atoms with E-state index < -0.39 is 0 Å². The lowest BCUT2D eigenvalue weighted by molar-refractivity contribution is 0.322. The molecule has 8 nitrogen and oxygen atoms in total. The van der Waals surface area contributed by atoms with Gasteiger partial charge in [-0.1, -0.05) is 19.0 Å². The Hall–Kier alpha value is -2.90. The van der Waals surface area contributed by atoms with Gasteiger partial charge in [0, 0.05) is 31.1 Å². The van der Waals surface area contributed by atoms with Crippen molar-refractivity contribution in [3.63, 3.8) is 0 Å². The van der Waals surface area contributed by atoms with Crippen molar-refractivity contribution < 1.29 is 18.7 Å². The number of rotatable bonds is 10. The van der Waals surface area contributed by atoms with Crippen molar-refractivity contribution in [3.8, 4) is 17.2 Å². The first kappa shape index (κ1) is 22.4. The first-order valence-corrected chi connectivity index (χ1v) is 9.79. The average Bonchev–Trinajstić information content (AvgIpc) is 3.22. The molecule has 0 aliphatic carbocycles. The van der Waals surface area contributed by atoms with Gasteiger partial charge in [0.25, 0.3) is 0 Å². The van der Waals surface area contributed by atoms with Crippen LogP contribution in [0.25, 0.3) is 0 Å². The zero-order valence-corrected chi connectivity index (χ0v) is 18.2. The molecule has 160 valence electrons. The van der Waals surface area contributed by atoms with Crippen molar-refractivity contribution >= 4 is 5.96 Å². The maximum atomic E-state index is 5.52. The molecule has 0 aliphatic heterocycles. The molecule has 0 bridgehead atoms. The first-order valence-electron chi connectivity index (χ1n) is 9.79. The second-order valence-electron chi connectivity index (χ2n) is 6.50. The number of nitrogens with one attached hydrogen (secondary N) is 2. The van der Waals surface area contributed by atoms with Crippen LogP contribution in [0.2, 0.25) is 0 Å². The second kappa shape index (κ2) is 11.2. The predicted octanol–water partition coefficient (Wildman–Crippen LogP) is 3.47. The topological polar surface area (TPSA) is 90.1 Å². The Morgan fingerprint density at radius 1 is 1.03 bits per heavy atom. The zero-order valence-electron chi connectivity index (χ0n) is 18.2. The molecule has 0 radical (unpaired) electrons. The fourth-order valence-electron chi connectivity index (χ4n) is 3.18. The van der Waals surface area contributed by atoms with Gasteiger partial charge in [-0.05, 0) is 25.0 Å². The molecular weight excluding hydrogens is 372 g/mol. The number of hydrogen-bond donors (Lipinski definition) is 2. The van der Waals surface area contributed by atoms with Crippen LogP contribution in [0.15, 0.2) is 27.7 Å². The van der Waals surface area contributed by atoms with Crippen LogP contribution < -0.4 is 24.8 Å². The van der Waals surface area contributed by atoms with Crippen LogP contribution in [0.5, 0.6) is 17.2 Å². The van der Waals surface area contributed by atoms with Crippen LogP contribution in [0, 0.1) is 0 Å². The van der Waals surface area contributed by atoms with E-state index in [1.165, 1.54) is 0 Å². The first-order chi connectivity index (χ1) is 14.1. The Bertz CT molecular complexity index is 800. The molecule has 0 unspecified atom stereocenters. The van der Waals surface area contributed by atoms with Gasteiger partial charge in [0.15, 0.2) is 23.2 Å². The van der Waals surface area contributed by atoms with Gasteiger partial charge in [-0.25, -0.2) is 0 Å². The SMILES string of the molecule is CCC(CC)c1cc(CNC(=NC)NCc2ccc(OC)c(OC)c2OC)on1. The third kappa shape index (κ3) is 5.56. The molecule has 0 aliphatic rings. The fraction of sp³-hybridized carbons (Fsp3) is 0.524. The van der Waals surface area contributed by atoms with Gasteiger partial charge < -0.3 is 29.4 Å². The summed E-state index contributed by atoms with van der Waals surface area (Å²) in [5.74, 6) is 3.66. The van der Waals surface area contributed by atoms with Gasteiger partial charge >= 0.3 is 0 Å². The number of nitrogens with zero attached hydrogens (tertiary/aromatic N) is 2. The van der Waals surface area contributed by atoms with Crippen molar-refractivity contribution in [3.05, 3.63) is 35.2 Å². The maximum absolute atomic E-state index is 5.52. The van der Waals surface area contributed by atoms with Crippen molar-refractivity contribution in [1.29, 1.82) is 0 Å². The van der Waals surface area contributed by atoms with Gasteiger partial charge in [0.2, 0.25) is 5.75 Å². The van der Waals surface area contributed by atoms with Crippen LogP contribution in [-0.4, -0.2) is 39.5 Å². The number of guanidine groups is 1. The summed E-state index contributed by atoms with van der Waals surface area (Å²) in [5.41, 5.74) is 1.92. The lowest BCUT2D eigenvalue weighted by atomic mass is 9.99. The van der Waals surface area contributed by atoms with E-state index in [-0.39, 0.29) is 0 Å². The van der Waals surface area contributed by atoms with E-state index in [1.54, 1.807) is 28.4 Å². The predicted molar refractivity (Wildman–Crippen MR) is 113 cm³/mol. The Balaban J connectivity index is 2.00. The minimum absolute atomic E-state index is 0.433. The fourth-order valence-corrected chi connectivity index (χ4v) is 3.18. The van der Waals surface area contributed by atoms with E-state index in [2.05, 4.69) is 34.6 Å². The molecule has 0 saturated heterocycles. The van der Waals surface area contributed by atoms with Crippen LogP contribution in [0.3, 0.4) is 0 Å². The number of aliphatic imine (C=N–C) groups is 1. The zero-order chi connectivity index (χ0) is 21.2. The smallest absolute Gasteiger partial charge is 0.203 e. The van der Waals surface area contributed by atoms with Gasteiger partial charge in [-0.3, -0.25) is 4.99 Å². The summed E-state index contributed by atoms with van der Waals surface area (Å²) >= 11 is 0. The summed E-state index contributed by atoms with van der Waals surface area (Å²) in [7, 11) is 6.51. The molecule has 29 heavy (non-hydrogen) atoms. The highest BCUT2D eigenvalue weighted by atomic mass is 16.5. The molecule has 0 spiro atoms. The van der Waals surface area contributed by atoms with Crippen LogP contribution in [0.4, 0.5) is 0 Å². The van der Waals surface area contributed by atoms with Crippen molar-refractivity contribution in [2.24, 2.45) is 4.99 Å². The summed E-state index contributed by atoms with van der Waals surface area (Å²) in [6.45, 7) is 5.32. The molecule has 8 heteroatoms. The Morgan fingerprint density at radius 2 is 1.72 bits per heavy atom. The van der Waals surface area contributed by atoms with E-state index >= 15 is 0 Å². The minimum atomic E-state index is 0.433. The monoisotopic (exact) mass is 404 g/mol. The Morgan fingerprint density at radius 3 is 2.31 bits per heavy atom. The van der Waals surface area contributed by atoms with E-state index in [0.717, 1.165) is 29.9 Å². The Kier molecular flexibility index (Phi) is 8.64. The lowest BCUT2D eigenvalue weighted by Crippen LogP contribution is -2.36. The van der Waals surface area contributed by atoms with E-state index in [1.807, 2.05) is 18.2 Å². The summed E-state index contributed by atoms with van der Waals surface area (Å²) < 4.78 is 21.7. The molecule has 1 heterocycles. The molecule has 2 aromatic rings. The normalized spacial score (nSPS) is 11.5. The summed E-state index contributed by atoms with van der Waals surface area (Å²) in [6, 6.07) is 5.79. The van der Waals surface area contributed by atoms with Crippen LogP contribution in [-0.2, 0) is 13.1 Å². The molecule has 0 amide bonds. The molecule has 2 N–H and O–H groups in total. The van der Waals surface area contributed by atoms with E-state index in [9.17, 15) is 0 Å². The number of aromatic nitrogens is 1. The number of methoxy groups -OCH3 is 3. The Labute approximate surface area is 172 Å². The van der Waals surface area contributed by atoms with Gasteiger partial charge in [-0.15, -0.1) is 0 Å². The van der Waals surface area contributed by atoms with Crippen molar-refractivity contribution in [2.75, 3.05) is 28.4 Å². The maximum Gasteiger partial charge on any atom is 0.203 e. The largest absolute Gasteiger partial charge is 0.493 e. The second-order valence-corrected chi connectivity index (χ2v) is 6.50. The standard InChI is InChI=1S/C21H32N4O4/c1-7-14(8-2)17-11-16(29-25-17)13-24-21(22-3)23-12-15-9-10-18(26-4)20(28-6)19(15)27-5/h9-11,14H,7-8,12-13H2,1-6H3,(H2,22,23,24). The van der Waals surface area contributed by atoms with Crippen molar-refractivity contribution in [2.45, 2.75) is 45.7 Å². The number of benzene rings is 1. The minimum Gasteiger partial charge on any atom is -0.493 e. The third-order valence-electron chi connectivity index (χ3n) is 4.87. The molecule has 1 aromatic heterocycles. The van der Waals surface area contributed by atoms with Crippen LogP contribution >= 0.6 is 0 Å².